The Morgan fingerprint density at radius 1 is 1.40 bits per heavy atom. The molecule has 110 valence electrons. The average molecular weight is 300 g/mol. The number of carbonyl (C=O) groups is 3. The molecule has 7 nitrogen and oxygen atoms in total. The van der Waals surface area contributed by atoms with E-state index in [4.69, 9.17) is 15.6 Å². The summed E-state index contributed by atoms with van der Waals surface area (Å²) < 4.78 is 4.93. The van der Waals surface area contributed by atoms with E-state index in [0.717, 1.165) is 11.3 Å². The van der Waals surface area contributed by atoms with Gasteiger partial charge in [0.1, 0.15) is 5.00 Å². The van der Waals surface area contributed by atoms with E-state index in [9.17, 15) is 14.4 Å². The van der Waals surface area contributed by atoms with Crippen LogP contribution in [0.4, 0.5) is 5.00 Å². The van der Waals surface area contributed by atoms with Crippen LogP contribution in [0.15, 0.2) is 0 Å². The number of thiophene rings is 1. The van der Waals surface area contributed by atoms with Crippen molar-refractivity contribution in [2.45, 2.75) is 20.3 Å². The molecule has 0 unspecified atom stereocenters. The van der Waals surface area contributed by atoms with Gasteiger partial charge in [-0.3, -0.25) is 9.59 Å². The summed E-state index contributed by atoms with van der Waals surface area (Å²) in [6.07, 6.45) is -0.106. The zero-order valence-electron chi connectivity index (χ0n) is 11.2. The number of nitrogens with one attached hydrogen (secondary N) is 1. The second-order valence-electron chi connectivity index (χ2n) is 3.92. The molecule has 0 atom stereocenters. The summed E-state index contributed by atoms with van der Waals surface area (Å²) in [4.78, 5) is 33.9. The first-order chi connectivity index (χ1) is 9.38. The minimum atomic E-state index is -0.960. The Labute approximate surface area is 119 Å². The molecule has 0 aromatic carbocycles. The minimum Gasteiger partial charge on any atom is -0.481 e. The SMILES string of the molecule is CCOC(=O)c1c(NCCC(=O)O)sc(C(N)=O)c1C. The van der Waals surface area contributed by atoms with Crippen LogP contribution in [0.5, 0.6) is 0 Å². The van der Waals surface area contributed by atoms with Gasteiger partial charge in [-0.15, -0.1) is 11.3 Å². The zero-order valence-corrected chi connectivity index (χ0v) is 12.0. The van der Waals surface area contributed by atoms with Crippen LogP contribution >= 0.6 is 11.3 Å². The summed E-state index contributed by atoms with van der Waals surface area (Å²) in [5.74, 6) is -2.16. The molecule has 0 aliphatic rings. The molecule has 1 amide bonds. The van der Waals surface area contributed by atoms with Crippen molar-refractivity contribution in [2.75, 3.05) is 18.5 Å². The molecule has 1 rings (SSSR count). The molecular weight excluding hydrogens is 284 g/mol. The summed E-state index contributed by atoms with van der Waals surface area (Å²) in [7, 11) is 0. The molecule has 1 heterocycles. The molecule has 0 saturated heterocycles. The van der Waals surface area contributed by atoms with E-state index in [2.05, 4.69) is 5.32 Å². The van der Waals surface area contributed by atoms with Crippen LogP contribution in [0.3, 0.4) is 0 Å². The molecule has 0 radical (unpaired) electrons. The van der Waals surface area contributed by atoms with E-state index >= 15 is 0 Å². The number of nitrogens with two attached hydrogens (primary N) is 1. The van der Waals surface area contributed by atoms with Crippen LogP contribution in [0, 0.1) is 6.92 Å². The third-order valence-corrected chi connectivity index (χ3v) is 3.74. The van der Waals surface area contributed by atoms with E-state index in [1.165, 1.54) is 0 Å². The average Bonchev–Trinajstić information content (AvgIpc) is 2.66. The Bertz CT molecular complexity index is 538. The topological polar surface area (TPSA) is 119 Å². The fraction of sp³-hybridized carbons (Fsp3) is 0.417. The Balaban J connectivity index is 3.06. The largest absolute Gasteiger partial charge is 0.481 e. The molecule has 0 saturated carbocycles. The predicted octanol–water partition coefficient (Wildman–Crippen LogP) is 1.22. The van der Waals surface area contributed by atoms with Gasteiger partial charge in [-0.25, -0.2) is 4.79 Å². The van der Waals surface area contributed by atoms with Crippen molar-refractivity contribution in [3.05, 3.63) is 16.0 Å². The van der Waals surface area contributed by atoms with Crippen LogP contribution in [-0.2, 0) is 9.53 Å². The molecule has 1 aromatic heterocycles. The number of carbonyl (C=O) groups excluding carboxylic acids is 2. The number of primary amides is 1. The van der Waals surface area contributed by atoms with Crippen molar-refractivity contribution in [2.24, 2.45) is 5.73 Å². The number of anilines is 1. The highest BCUT2D eigenvalue weighted by Crippen LogP contribution is 2.33. The van der Waals surface area contributed by atoms with E-state index in [-0.39, 0.29) is 30.0 Å². The van der Waals surface area contributed by atoms with E-state index in [1.807, 2.05) is 0 Å². The van der Waals surface area contributed by atoms with Gasteiger partial charge in [-0.1, -0.05) is 0 Å². The monoisotopic (exact) mass is 300 g/mol. The van der Waals surface area contributed by atoms with Gasteiger partial charge in [0, 0.05) is 6.54 Å². The highest BCUT2D eigenvalue weighted by molar-refractivity contribution is 7.18. The smallest absolute Gasteiger partial charge is 0.341 e. The van der Waals surface area contributed by atoms with Crippen LogP contribution in [0.2, 0.25) is 0 Å². The van der Waals surface area contributed by atoms with Crippen molar-refractivity contribution in [1.29, 1.82) is 0 Å². The van der Waals surface area contributed by atoms with E-state index < -0.39 is 17.8 Å². The third-order valence-electron chi connectivity index (χ3n) is 2.47. The summed E-state index contributed by atoms with van der Waals surface area (Å²) >= 11 is 1.02. The number of rotatable bonds is 7. The molecule has 20 heavy (non-hydrogen) atoms. The quantitative estimate of drug-likeness (QED) is 0.651. The van der Waals surface area contributed by atoms with E-state index in [1.54, 1.807) is 13.8 Å². The number of carboxylic acid groups (broad SMARTS) is 1. The second kappa shape index (κ2) is 6.90. The van der Waals surface area contributed by atoms with Gasteiger partial charge in [-0.05, 0) is 19.4 Å². The van der Waals surface area contributed by atoms with Crippen molar-refractivity contribution in [3.63, 3.8) is 0 Å². The van der Waals surface area contributed by atoms with Gasteiger partial charge in [0.05, 0.1) is 23.5 Å². The van der Waals surface area contributed by atoms with E-state index in [0.29, 0.717) is 10.6 Å². The molecule has 1 aromatic rings. The van der Waals surface area contributed by atoms with Crippen LogP contribution in [0.1, 0.15) is 38.9 Å². The third kappa shape index (κ3) is 3.70. The standard InChI is InChI=1S/C12H16N2O5S/c1-3-19-12(18)8-6(2)9(10(13)17)20-11(8)14-5-4-7(15)16/h14H,3-5H2,1-2H3,(H2,13,17)(H,15,16). The lowest BCUT2D eigenvalue weighted by Crippen LogP contribution is -2.13. The van der Waals surface area contributed by atoms with Crippen molar-refractivity contribution in [1.82, 2.24) is 0 Å². The Morgan fingerprint density at radius 3 is 2.55 bits per heavy atom. The maximum atomic E-state index is 11.9. The van der Waals surface area contributed by atoms with Gasteiger partial charge in [0.25, 0.3) is 5.91 Å². The maximum absolute atomic E-state index is 11.9. The molecular formula is C12H16N2O5S. The molecule has 4 N–H and O–H groups in total. The highest BCUT2D eigenvalue weighted by Gasteiger charge is 2.24. The highest BCUT2D eigenvalue weighted by atomic mass is 32.1. The van der Waals surface area contributed by atoms with Gasteiger partial charge in [0.15, 0.2) is 0 Å². The van der Waals surface area contributed by atoms with Gasteiger partial charge < -0.3 is 20.9 Å². The van der Waals surface area contributed by atoms with Crippen molar-refractivity contribution >= 4 is 34.2 Å². The first kappa shape index (κ1) is 16.0. The number of esters is 1. The van der Waals surface area contributed by atoms with Crippen LogP contribution < -0.4 is 11.1 Å². The van der Waals surface area contributed by atoms with Gasteiger partial charge in [-0.2, -0.15) is 0 Å². The minimum absolute atomic E-state index is 0.106. The van der Waals surface area contributed by atoms with Crippen molar-refractivity contribution in [3.8, 4) is 0 Å². The molecule has 0 spiro atoms. The molecule has 0 fully saturated rings. The zero-order chi connectivity index (χ0) is 15.3. The Morgan fingerprint density at radius 2 is 2.05 bits per heavy atom. The van der Waals surface area contributed by atoms with Crippen LogP contribution in [-0.4, -0.2) is 36.1 Å². The normalized spacial score (nSPS) is 10.1. The molecule has 0 aliphatic carbocycles. The summed E-state index contributed by atoms with van der Waals surface area (Å²) in [6, 6.07) is 0. The number of hydrogen-bond acceptors (Lipinski definition) is 6. The lowest BCUT2D eigenvalue weighted by molar-refractivity contribution is -0.136. The first-order valence-electron chi connectivity index (χ1n) is 5.94. The summed E-state index contributed by atoms with van der Waals surface area (Å²) in [5.41, 5.74) is 5.92. The fourth-order valence-electron chi connectivity index (χ4n) is 1.61. The van der Waals surface area contributed by atoms with Gasteiger partial charge >= 0.3 is 11.9 Å². The number of aliphatic carboxylic acids is 1. The fourth-order valence-corrected chi connectivity index (χ4v) is 2.68. The summed E-state index contributed by atoms with van der Waals surface area (Å²) in [5, 5.41) is 11.8. The Hall–Kier alpha value is -2.09. The first-order valence-corrected chi connectivity index (χ1v) is 6.76. The number of ether oxygens (including phenoxy) is 1. The number of carboxylic acids is 1. The molecule has 0 bridgehead atoms. The van der Waals surface area contributed by atoms with Gasteiger partial charge in [0.2, 0.25) is 0 Å². The predicted molar refractivity (Wildman–Crippen MR) is 74.3 cm³/mol. The van der Waals surface area contributed by atoms with Crippen LogP contribution in [0.25, 0.3) is 0 Å². The second-order valence-corrected chi connectivity index (χ2v) is 4.94. The summed E-state index contributed by atoms with van der Waals surface area (Å²) in [6.45, 7) is 3.62. The lowest BCUT2D eigenvalue weighted by Gasteiger charge is -2.06. The lowest BCUT2D eigenvalue weighted by atomic mass is 10.1. The number of amides is 1. The maximum Gasteiger partial charge on any atom is 0.341 e. The van der Waals surface area contributed by atoms with Crippen molar-refractivity contribution < 1.29 is 24.2 Å². The molecule has 8 heteroatoms. The Kier molecular flexibility index (Phi) is 5.51. The molecule has 0 aliphatic heterocycles. The number of hydrogen-bond donors (Lipinski definition) is 3.